The molecule has 0 aliphatic carbocycles. The normalized spacial score (nSPS) is 10.2. The van der Waals surface area contributed by atoms with Crippen LogP contribution in [-0.4, -0.2) is 4.57 Å². The SMILES string of the molecule is CCCCCCCCCn1cccc1C#N. The summed E-state index contributed by atoms with van der Waals surface area (Å²) in [5.74, 6) is 0. The van der Waals surface area contributed by atoms with Gasteiger partial charge in [-0.05, 0) is 18.6 Å². The van der Waals surface area contributed by atoms with Crippen molar-refractivity contribution in [3.8, 4) is 6.07 Å². The fourth-order valence-corrected chi connectivity index (χ4v) is 1.95. The third-order valence-corrected chi connectivity index (χ3v) is 2.95. The van der Waals surface area contributed by atoms with E-state index in [0.717, 1.165) is 12.2 Å². The maximum Gasteiger partial charge on any atom is 0.120 e. The van der Waals surface area contributed by atoms with Crippen LogP contribution in [0.5, 0.6) is 0 Å². The third kappa shape index (κ3) is 4.53. The van der Waals surface area contributed by atoms with E-state index in [4.69, 9.17) is 5.26 Å². The molecule has 0 saturated carbocycles. The zero-order valence-corrected chi connectivity index (χ0v) is 10.3. The van der Waals surface area contributed by atoms with E-state index in [9.17, 15) is 0 Å². The standard InChI is InChI=1S/C14H22N2/c1-2-3-4-5-6-7-8-11-16-12-9-10-14(16)13-15/h9-10,12H,2-8,11H2,1H3. The zero-order chi connectivity index (χ0) is 11.6. The Hall–Kier alpha value is -1.23. The maximum absolute atomic E-state index is 8.84. The summed E-state index contributed by atoms with van der Waals surface area (Å²) in [5, 5.41) is 8.84. The molecule has 1 aromatic heterocycles. The highest BCUT2D eigenvalue weighted by molar-refractivity contribution is 5.21. The van der Waals surface area contributed by atoms with Crippen molar-refractivity contribution in [2.24, 2.45) is 0 Å². The van der Waals surface area contributed by atoms with Crippen molar-refractivity contribution in [1.82, 2.24) is 4.57 Å². The summed E-state index contributed by atoms with van der Waals surface area (Å²) in [6.07, 6.45) is 11.2. The van der Waals surface area contributed by atoms with Crippen LogP contribution in [0, 0.1) is 11.3 Å². The number of unbranched alkanes of at least 4 members (excludes halogenated alkanes) is 6. The van der Waals surface area contributed by atoms with Crippen LogP contribution in [0.3, 0.4) is 0 Å². The molecule has 2 heteroatoms. The van der Waals surface area contributed by atoms with E-state index >= 15 is 0 Å². The van der Waals surface area contributed by atoms with Gasteiger partial charge < -0.3 is 4.57 Å². The highest BCUT2D eigenvalue weighted by Gasteiger charge is 1.98. The molecule has 0 aromatic carbocycles. The van der Waals surface area contributed by atoms with Gasteiger partial charge >= 0.3 is 0 Å². The molecule has 2 nitrogen and oxygen atoms in total. The minimum atomic E-state index is 0.783. The minimum Gasteiger partial charge on any atom is -0.339 e. The summed E-state index contributed by atoms with van der Waals surface area (Å²) < 4.78 is 2.05. The topological polar surface area (TPSA) is 28.7 Å². The van der Waals surface area contributed by atoms with Crippen LogP contribution in [0.2, 0.25) is 0 Å². The molecular weight excluding hydrogens is 196 g/mol. The van der Waals surface area contributed by atoms with Crippen LogP contribution in [0.25, 0.3) is 0 Å². The van der Waals surface area contributed by atoms with E-state index in [1.165, 1.54) is 44.9 Å². The molecule has 1 rings (SSSR count). The number of aryl methyl sites for hydroxylation is 1. The van der Waals surface area contributed by atoms with Crippen LogP contribution in [-0.2, 0) is 6.54 Å². The number of hydrogen-bond donors (Lipinski definition) is 0. The van der Waals surface area contributed by atoms with E-state index in [1.54, 1.807) is 0 Å². The average Bonchev–Trinajstić information content (AvgIpc) is 2.75. The minimum absolute atomic E-state index is 0.783. The lowest BCUT2D eigenvalue weighted by Gasteiger charge is -2.04. The van der Waals surface area contributed by atoms with Crippen molar-refractivity contribution >= 4 is 0 Å². The predicted molar refractivity (Wildman–Crippen MR) is 67.1 cm³/mol. The van der Waals surface area contributed by atoms with Crippen molar-refractivity contribution in [1.29, 1.82) is 5.26 Å². The van der Waals surface area contributed by atoms with Gasteiger partial charge in [0.05, 0.1) is 0 Å². The Balaban J connectivity index is 2.05. The molecule has 0 amide bonds. The predicted octanol–water partition coefficient (Wildman–Crippen LogP) is 4.11. The number of aromatic nitrogens is 1. The van der Waals surface area contributed by atoms with Crippen LogP contribution < -0.4 is 0 Å². The average molecular weight is 218 g/mol. The monoisotopic (exact) mass is 218 g/mol. The Kier molecular flexibility index (Phi) is 6.41. The molecule has 0 bridgehead atoms. The van der Waals surface area contributed by atoms with Gasteiger partial charge in [0.15, 0.2) is 0 Å². The quantitative estimate of drug-likeness (QED) is 0.604. The maximum atomic E-state index is 8.84. The summed E-state index contributed by atoms with van der Waals surface area (Å²) in [6, 6.07) is 6.03. The van der Waals surface area contributed by atoms with Crippen LogP contribution >= 0.6 is 0 Å². The van der Waals surface area contributed by atoms with Crippen molar-refractivity contribution in [2.45, 2.75) is 58.4 Å². The molecule has 0 unspecified atom stereocenters. The Morgan fingerprint density at radius 1 is 1.12 bits per heavy atom. The van der Waals surface area contributed by atoms with Crippen LogP contribution in [0.4, 0.5) is 0 Å². The van der Waals surface area contributed by atoms with Gasteiger partial charge in [-0.15, -0.1) is 0 Å². The number of hydrogen-bond acceptors (Lipinski definition) is 1. The third-order valence-electron chi connectivity index (χ3n) is 2.95. The first-order valence-electron chi connectivity index (χ1n) is 6.43. The van der Waals surface area contributed by atoms with E-state index in [1.807, 2.05) is 22.9 Å². The summed E-state index contributed by atoms with van der Waals surface area (Å²) in [7, 11) is 0. The molecule has 16 heavy (non-hydrogen) atoms. The van der Waals surface area contributed by atoms with E-state index < -0.39 is 0 Å². The Morgan fingerprint density at radius 2 is 1.81 bits per heavy atom. The van der Waals surface area contributed by atoms with Crippen molar-refractivity contribution in [3.05, 3.63) is 24.0 Å². The van der Waals surface area contributed by atoms with Gasteiger partial charge in [-0.25, -0.2) is 0 Å². The van der Waals surface area contributed by atoms with Gasteiger partial charge in [0.1, 0.15) is 11.8 Å². The van der Waals surface area contributed by atoms with Crippen LogP contribution in [0.15, 0.2) is 18.3 Å². The molecule has 0 aliphatic rings. The van der Waals surface area contributed by atoms with Gasteiger partial charge in [0, 0.05) is 12.7 Å². The lowest BCUT2D eigenvalue weighted by Crippen LogP contribution is -1.98. The Bertz CT molecular complexity index is 320. The summed E-state index contributed by atoms with van der Waals surface area (Å²) >= 11 is 0. The summed E-state index contributed by atoms with van der Waals surface area (Å²) in [6.45, 7) is 3.24. The van der Waals surface area contributed by atoms with Gasteiger partial charge in [-0.1, -0.05) is 45.4 Å². The highest BCUT2D eigenvalue weighted by Crippen LogP contribution is 2.09. The Morgan fingerprint density at radius 3 is 2.50 bits per heavy atom. The first kappa shape index (κ1) is 12.8. The second kappa shape index (κ2) is 7.98. The molecular formula is C14H22N2. The molecule has 0 atom stereocenters. The Labute approximate surface area is 98.9 Å². The van der Waals surface area contributed by atoms with Gasteiger partial charge in [0.2, 0.25) is 0 Å². The fraction of sp³-hybridized carbons (Fsp3) is 0.643. The largest absolute Gasteiger partial charge is 0.339 e. The number of rotatable bonds is 8. The number of nitrogens with zero attached hydrogens (tertiary/aromatic N) is 2. The van der Waals surface area contributed by atoms with Gasteiger partial charge in [-0.3, -0.25) is 0 Å². The fourth-order valence-electron chi connectivity index (χ4n) is 1.95. The zero-order valence-electron chi connectivity index (χ0n) is 10.3. The smallest absolute Gasteiger partial charge is 0.120 e. The molecule has 1 heterocycles. The van der Waals surface area contributed by atoms with Crippen molar-refractivity contribution in [2.75, 3.05) is 0 Å². The second-order valence-corrected chi connectivity index (χ2v) is 4.32. The van der Waals surface area contributed by atoms with Gasteiger partial charge in [-0.2, -0.15) is 5.26 Å². The lowest BCUT2D eigenvalue weighted by atomic mass is 10.1. The molecule has 0 fully saturated rings. The second-order valence-electron chi connectivity index (χ2n) is 4.32. The number of nitriles is 1. The molecule has 1 aromatic rings. The molecule has 0 saturated heterocycles. The highest BCUT2D eigenvalue weighted by atomic mass is 15.0. The summed E-state index contributed by atoms with van der Waals surface area (Å²) in [4.78, 5) is 0. The summed E-state index contributed by atoms with van der Waals surface area (Å²) in [5.41, 5.74) is 0.783. The van der Waals surface area contributed by atoms with Crippen molar-refractivity contribution in [3.63, 3.8) is 0 Å². The molecule has 0 N–H and O–H groups in total. The van der Waals surface area contributed by atoms with Gasteiger partial charge in [0.25, 0.3) is 0 Å². The van der Waals surface area contributed by atoms with E-state index in [2.05, 4.69) is 13.0 Å². The van der Waals surface area contributed by atoms with E-state index in [0.29, 0.717) is 0 Å². The van der Waals surface area contributed by atoms with Crippen LogP contribution in [0.1, 0.15) is 57.6 Å². The molecule has 0 aliphatic heterocycles. The molecule has 88 valence electrons. The molecule has 0 radical (unpaired) electrons. The first-order chi connectivity index (χ1) is 7.88. The van der Waals surface area contributed by atoms with Crippen molar-refractivity contribution < 1.29 is 0 Å². The lowest BCUT2D eigenvalue weighted by molar-refractivity contribution is 0.549. The molecule has 0 spiro atoms. The first-order valence-corrected chi connectivity index (χ1v) is 6.43. The van der Waals surface area contributed by atoms with E-state index in [-0.39, 0.29) is 0 Å².